The third-order valence-electron chi connectivity index (χ3n) is 4.64. The zero-order chi connectivity index (χ0) is 17.5. The molecule has 26 heavy (non-hydrogen) atoms. The van der Waals surface area contributed by atoms with Gasteiger partial charge >= 0.3 is 0 Å². The van der Waals surface area contributed by atoms with Crippen LogP contribution >= 0.6 is 23.4 Å². The number of thioether (sulfide) groups is 1. The molecule has 4 aromatic rings. The molecule has 130 valence electrons. The van der Waals surface area contributed by atoms with E-state index in [4.69, 9.17) is 16.6 Å². The standard InChI is InChI=1S/C19H16ClN5S/c20-15-7-3-1-5-13(15)17-22-23-18-14-6-2-4-8-16(14)21-19(25(17)18)24-9-11-26-12-10-24/h1-8H,9-12H2. The molecule has 0 atom stereocenters. The van der Waals surface area contributed by atoms with Crippen molar-refractivity contribution < 1.29 is 0 Å². The molecule has 1 fully saturated rings. The first kappa shape index (κ1) is 15.9. The molecule has 0 radical (unpaired) electrons. The normalized spacial score (nSPS) is 15.0. The van der Waals surface area contributed by atoms with Gasteiger partial charge in [-0.2, -0.15) is 11.8 Å². The highest BCUT2D eigenvalue weighted by atomic mass is 35.5. The zero-order valence-electron chi connectivity index (χ0n) is 14.0. The van der Waals surface area contributed by atoms with E-state index >= 15 is 0 Å². The van der Waals surface area contributed by atoms with Gasteiger partial charge in [0.05, 0.1) is 10.5 Å². The lowest BCUT2D eigenvalue weighted by molar-refractivity contribution is 0.808. The molecule has 7 heteroatoms. The van der Waals surface area contributed by atoms with Crippen LogP contribution in [0.25, 0.3) is 27.9 Å². The van der Waals surface area contributed by atoms with Crippen LogP contribution in [-0.2, 0) is 0 Å². The van der Waals surface area contributed by atoms with Gasteiger partial charge in [-0.15, -0.1) is 10.2 Å². The third-order valence-corrected chi connectivity index (χ3v) is 5.91. The number of anilines is 1. The number of hydrogen-bond donors (Lipinski definition) is 0. The van der Waals surface area contributed by atoms with Gasteiger partial charge in [-0.3, -0.25) is 0 Å². The van der Waals surface area contributed by atoms with Crippen molar-refractivity contribution in [1.29, 1.82) is 0 Å². The summed E-state index contributed by atoms with van der Waals surface area (Å²) in [4.78, 5) is 7.29. The number of hydrogen-bond acceptors (Lipinski definition) is 5. The Morgan fingerprint density at radius 1 is 0.923 bits per heavy atom. The fourth-order valence-corrected chi connectivity index (χ4v) is 4.48. The molecule has 2 aromatic heterocycles. The molecule has 0 aliphatic carbocycles. The second-order valence-electron chi connectivity index (χ2n) is 6.19. The summed E-state index contributed by atoms with van der Waals surface area (Å²) in [5.74, 6) is 3.81. The summed E-state index contributed by atoms with van der Waals surface area (Å²) in [6.45, 7) is 1.93. The Morgan fingerprint density at radius 3 is 2.54 bits per heavy atom. The average molecular weight is 382 g/mol. The van der Waals surface area contributed by atoms with Crippen LogP contribution in [0.2, 0.25) is 5.02 Å². The third kappa shape index (κ3) is 2.52. The average Bonchev–Trinajstić information content (AvgIpc) is 3.14. The van der Waals surface area contributed by atoms with E-state index in [9.17, 15) is 0 Å². The molecular weight excluding hydrogens is 366 g/mol. The number of fused-ring (bicyclic) bond motifs is 3. The van der Waals surface area contributed by atoms with Crippen LogP contribution < -0.4 is 4.90 Å². The lowest BCUT2D eigenvalue weighted by atomic mass is 10.2. The molecule has 5 rings (SSSR count). The first-order valence-electron chi connectivity index (χ1n) is 8.54. The highest BCUT2D eigenvalue weighted by Crippen LogP contribution is 2.32. The van der Waals surface area contributed by atoms with Crippen molar-refractivity contribution in [3.8, 4) is 11.4 Å². The Kier molecular flexibility index (Phi) is 3.94. The first-order chi connectivity index (χ1) is 12.8. The highest BCUT2D eigenvalue weighted by Gasteiger charge is 2.22. The van der Waals surface area contributed by atoms with Gasteiger partial charge in [0.2, 0.25) is 5.95 Å². The van der Waals surface area contributed by atoms with Gasteiger partial charge in [0.1, 0.15) is 0 Å². The summed E-state index contributed by atoms with van der Waals surface area (Å²) in [6.07, 6.45) is 0. The van der Waals surface area contributed by atoms with Gasteiger partial charge in [0, 0.05) is 35.5 Å². The number of halogens is 1. The molecule has 2 aromatic carbocycles. The van der Waals surface area contributed by atoms with Crippen molar-refractivity contribution in [3.63, 3.8) is 0 Å². The van der Waals surface area contributed by atoms with Gasteiger partial charge in [-0.1, -0.05) is 35.9 Å². The van der Waals surface area contributed by atoms with E-state index in [1.54, 1.807) is 0 Å². The molecule has 0 unspecified atom stereocenters. The van der Waals surface area contributed by atoms with Crippen LogP contribution in [0.1, 0.15) is 0 Å². The summed E-state index contributed by atoms with van der Waals surface area (Å²) >= 11 is 8.43. The minimum Gasteiger partial charge on any atom is -0.340 e. The number of benzene rings is 2. The topological polar surface area (TPSA) is 46.3 Å². The largest absolute Gasteiger partial charge is 0.340 e. The molecule has 0 bridgehead atoms. The van der Waals surface area contributed by atoms with Crippen molar-refractivity contribution in [2.75, 3.05) is 29.5 Å². The van der Waals surface area contributed by atoms with Crippen molar-refractivity contribution >= 4 is 45.9 Å². The van der Waals surface area contributed by atoms with E-state index in [2.05, 4.69) is 19.5 Å². The Morgan fingerprint density at radius 2 is 1.69 bits per heavy atom. The fraction of sp³-hybridized carbons (Fsp3) is 0.211. The van der Waals surface area contributed by atoms with E-state index in [-0.39, 0.29) is 0 Å². The van der Waals surface area contributed by atoms with E-state index < -0.39 is 0 Å². The van der Waals surface area contributed by atoms with Gasteiger partial charge in [0.25, 0.3) is 0 Å². The molecule has 0 saturated carbocycles. The van der Waals surface area contributed by atoms with Gasteiger partial charge in [-0.25, -0.2) is 9.38 Å². The summed E-state index contributed by atoms with van der Waals surface area (Å²) in [6, 6.07) is 15.8. The molecule has 1 saturated heterocycles. The zero-order valence-corrected chi connectivity index (χ0v) is 15.5. The van der Waals surface area contributed by atoms with Gasteiger partial charge in [-0.05, 0) is 24.3 Å². The number of aromatic nitrogens is 4. The second kappa shape index (κ2) is 6.45. The van der Waals surface area contributed by atoms with Crippen LogP contribution in [-0.4, -0.2) is 44.2 Å². The summed E-state index contributed by atoms with van der Waals surface area (Å²) in [7, 11) is 0. The van der Waals surface area contributed by atoms with E-state index in [0.29, 0.717) is 5.02 Å². The van der Waals surface area contributed by atoms with Crippen LogP contribution in [0.5, 0.6) is 0 Å². The number of rotatable bonds is 2. The molecular formula is C19H16ClN5S. The predicted octanol–water partition coefficient (Wildman–Crippen LogP) is 4.15. The van der Waals surface area contributed by atoms with Crippen molar-refractivity contribution in [1.82, 2.24) is 19.6 Å². The molecule has 0 spiro atoms. The molecule has 0 N–H and O–H groups in total. The maximum Gasteiger partial charge on any atom is 0.213 e. The van der Waals surface area contributed by atoms with Crippen LogP contribution in [0.4, 0.5) is 5.95 Å². The Balaban J connectivity index is 1.85. The maximum atomic E-state index is 6.45. The smallest absolute Gasteiger partial charge is 0.213 e. The molecule has 1 aliphatic rings. The molecule has 1 aliphatic heterocycles. The van der Waals surface area contributed by atoms with Crippen LogP contribution in [0, 0.1) is 0 Å². The minimum absolute atomic E-state index is 0.662. The Labute approximate surface area is 160 Å². The second-order valence-corrected chi connectivity index (χ2v) is 7.82. The number of para-hydroxylation sites is 1. The van der Waals surface area contributed by atoms with E-state index in [1.165, 1.54) is 0 Å². The first-order valence-corrected chi connectivity index (χ1v) is 10.1. The van der Waals surface area contributed by atoms with Crippen molar-refractivity contribution in [2.24, 2.45) is 0 Å². The van der Waals surface area contributed by atoms with Crippen LogP contribution in [0.15, 0.2) is 48.5 Å². The van der Waals surface area contributed by atoms with Crippen molar-refractivity contribution in [3.05, 3.63) is 53.6 Å². The molecule has 0 amide bonds. The summed E-state index contributed by atoms with van der Waals surface area (Å²) in [5.41, 5.74) is 2.62. The lowest BCUT2D eigenvalue weighted by Gasteiger charge is -2.28. The van der Waals surface area contributed by atoms with Gasteiger partial charge in [0.15, 0.2) is 11.5 Å². The fourth-order valence-electron chi connectivity index (χ4n) is 3.36. The molecule has 3 heterocycles. The monoisotopic (exact) mass is 381 g/mol. The van der Waals surface area contributed by atoms with E-state index in [1.807, 2.05) is 60.3 Å². The quantitative estimate of drug-likeness (QED) is 0.522. The lowest BCUT2D eigenvalue weighted by Crippen LogP contribution is -2.34. The molecule has 5 nitrogen and oxygen atoms in total. The SMILES string of the molecule is Clc1ccccc1-c1nnc2c3ccccc3nc(N3CCSCC3)n12. The summed E-state index contributed by atoms with van der Waals surface area (Å²) < 4.78 is 2.06. The Hall–Kier alpha value is -2.31. The minimum atomic E-state index is 0.662. The van der Waals surface area contributed by atoms with Crippen molar-refractivity contribution in [2.45, 2.75) is 0 Å². The number of nitrogens with zero attached hydrogens (tertiary/aromatic N) is 5. The van der Waals surface area contributed by atoms with Gasteiger partial charge < -0.3 is 4.90 Å². The van der Waals surface area contributed by atoms with E-state index in [0.717, 1.165) is 58.5 Å². The highest BCUT2D eigenvalue weighted by molar-refractivity contribution is 7.99. The predicted molar refractivity (Wildman–Crippen MR) is 108 cm³/mol. The summed E-state index contributed by atoms with van der Waals surface area (Å²) in [5, 5.41) is 10.6. The van der Waals surface area contributed by atoms with Crippen LogP contribution in [0.3, 0.4) is 0 Å². The Bertz CT molecular complexity index is 1100. The maximum absolute atomic E-state index is 6.45.